The molecule has 0 amide bonds. The van der Waals surface area contributed by atoms with Gasteiger partial charge < -0.3 is 9.52 Å². The topological polar surface area (TPSA) is 50.4 Å². The van der Waals surface area contributed by atoms with Gasteiger partial charge in [-0.15, -0.1) is 11.3 Å². The van der Waals surface area contributed by atoms with E-state index in [0.29, 0.717) is 11.1 Å². The maximum absolute atomic E-state index is 10.9. The average Bonchev–Trinajstić information content (AvgIpc) is 2.94. The van der Waals surface area contributed by atoms with Crippen LogP contribution in [0.2, 0.25) is 0 Å². The number of hydrogen-bond donors (Lipinski definition) is 1. The van der Waals surface area contributed by atoms with Crippen molar-refractivity contribution in [3.63, 3.8) is 0 Å². The molecule has 96 valence electrons. The molecule has 2 aromatic heterocycles. The number of carbonyl (C=O) groups is 1. The molecule has 0 unspecified atom stereocenters. The van der Waals surface area contributed by atoms with Crippen molar-refractivity contribution < 1.29 is 14.3 Å². The van der Waals surface area contributed by atoms with Crippen LogP contribution in [0.25, 0.3) is 21.4 Å². The van der Waals surface area contributed by atoms with Crippen LogP contribution >= 0.6 is 11.3 Å². The third kappa shape index (κ3) is 2.15. The van der Waals surface area contributed by atoms with Crippen LogP contribution in [0.3, 0.4) is 0 Å². The van der Waals surface area contributed by atoms with E-state index in [9.17, 15) is 4.79 Å². The van der Waals surface area contributed by atoms with Gasteiger partial charge >= 0.3 is 5.97 Å². The quantitative estimate of drug-likeness (QED) is 0.781. The lowest BCUT2D eigenvalue weighted by Crippen LogP contribution is -1.99. The predicted molar refractivity (Wildman–Crippen MR) is 75.6 cm³/mol. The van der Waals surface area contributed by atoms with Gasteiger partial charge in [0, 0.05) is 21.4 Å². The van der Waals surface area contributed by atoms with E-state index in [2.05, 4.69) is 18.4 Å². The number of fused-ring (bicyclic) bond motifs is 1. The Balaban J connectivity index is 2.16. The molecule has 0 aliphatic heterocycles. The molecule has 0 saturated heterocycles. The van der Waals surface area contributed by atoms with Gasteiger partial charge in [-0.25, -0.2) is 0 Å². The molecular weight excluding hydrogens is 260 g/mol. The molecule has 2 heterocycles. The monoisotopic (exact) mass is 272 g/mol. The Morgan fingerprint density at radius 2 is 2.26 bits per heavy atom. The van der Waals surface area contributed by atoms with Gasteiger partial charge in [0.05, 0.1) is 6.42 Å². The summed E-state index contributed by atoms with van der Waals surface area (Å²) >= 11 is 1.67. The first-order chi connectivity index (χ1) is 9.15. The van der Waals surface area contributed by atoms with E-state index in [1.165, 1.54) is 5.56 Å². The molecule has 3 aromatic rings. The highest BCUT2D eigenvalue weighted by molar-refractivity contribution is 7.13. The molecule has 0 spiro atoms. The lowest BCUT2D eigenvalue weighted by molar-refractivity contribution is -0.136. The zero-order valence-corrected chi connectivity index (χ0v) is 11.2. The van der Waals surface area contributed by atoms with Gasteiger partial charge in [-0.1, -0.05) is 18.2 Å². The van der Waals surface area contributed by atoms with Crippen molar-refractivity contribution in [2.24, 2.45) is 0 Å². The molecule has 3 rings (SSSR count). The molecule has 3 nitrogen and oxygen atoms in total. The third-order valence-electron chi connectivity index (χ3n) is 3.02. The van der Waals surface area contributed by atoms with Crippen LogP contribution in [-0.4, -0.2) is 11.1 Å². The minimum absolute atomic E-state index is 0.0201. The van der Waals surface area contributed by atoms with Crippen LogP contribution in [-0.2, 0) is 11.2 Å². The van der Waals surface area contributed by atoms with Crippen LogP contribution < -0.4 is 0 Å². The number of furan rings is 1. The second kappa shape index (κ2) is 4.55. The number of aliphatic carboxylic acids is 1. The van der Waals surface area contributed by atoms with Crippen LogP contribution in [0.4, 0.5) is 0 Å². The minimum Gasteiger partial charge on any atom is -0.481 e. The largest absolute Gasteiger partial charge is 0.481 e. The zero-order valence-electron chi connectivity index (χ0n) is 10.3. The summed E-state index contributed by atoms with van der Waals surface area (Å²) < 4.78 is 5.59. The van der Waals surface area contributed by atoms with Crippen LogP contribution in [0.1, 0.15) is 11.1 Å². The molecule has 0 saturated carbocycles. The summed E-state index contributed by atoms with van der Waals surface area (Å²) in [5, 5.41) is 12.0. The van der Waals surface area contributed by atoms with E-state index < -0.39 is 5.97 Å². The molecule has 19 heavy (non-hydrogen) atoms. The summed E-state index contributed by atoms with van der Waals surface area (Å²) in [6, 6.07) is 7.75. The van der Waals surface area contributed by atoms with E-state index in [1.807, 2.05) is 12.1 Å². The Morgan fingerprint density at radius 1 is 1.42 bits per heavy atom. The van der Waals surface area contributed by atoms with Crippen LogP contribution in [0.15, 0.2) is 40.3 Å². The highest BCUT2D eigenvalue weighted by Gasteiger charge is 2.14. The molecule has 0 bridgehead atoms. The molecule has 0 aliphatic carbocycles. The number of carboxylic acid groups (broad SMARTS) is 1. The minimum atomic E-state index is -0.850. The fraction of sp³-hybridized carbons (Fsp3) is 0.133. The van der Waals surface area contributed by atoms with E-state index in [0.717, 1.165) is 15.8 Å². The first-order valence-corrected chi connectivity index (χ1v) is 6.79. The number of benzene rings is 1. The zero-order chi connectivity index (χ0) is 13.4. The number of thiophene rings is 1. The predicted octanol–water partition coefficient (Wildman–Crippen LogP) is 4.10. The Labute approximate surface area is 114 Å². The summed E-state index contributed by atoms with van der Waals surface area (Å²) in [6.07, 6.45) is 1.69. The second-order valence-corrected chi connectivity index (χ2v) is 5.41. The van der Waals surface area contributed by atoms with Gasteiger partial charge in [-0.2, -0.15) is 0 Å². The summed E-state index contributed by atoms with van der Waals surface area (Å²) in [4.78, 5) is 12.0. The van der Waals surface area contributed by atoms with E-state index in [1.54, 1.807) is 23.7 Å². The number of rotatable bonds is 3. The molecule has 1 aromatic carbocycles. The fourth-order valence-corrected chi connectivity index (χ4v) is 3.10. The maximum atomic E-state index is 10.9. The SMILES string of the molecule is Cc1csc(-c2coc3c(CC(=O)O)cccc23)c1. The van der Waals surface area contributed by atoms with Gasteiger partial charge in [-0.05, 0) is 23.9 Å². The van der Waals surface area contributed by atoms with Crippen molar-refractivity contribution in [2.45, 2.75) is 13.3 Å². The maximum Gasteiger partial charge on any atom is 0.307 e. The summed E-state index contributed by atoms with van der Waals surface area (Å²) in [7, 11) is 0. The highest BCUT2D eigenvalue weighted by Crippen LogP contribution is 2.35. The number of hydrogen-bond acceptors (Lipinski definition) is 3. The van der Waals surface area contributed by atoms with E-state index in [-0.39, 0.29) is 6.42 Å². The van der Waals surface area contributed by atoms with Crippen molar-refractivity contribution in [2.75, 3.05) is 0 Å². The Morgan fingerprint density at radius 3 is 2.95 bits per heavy atom. The molecule has 0 aliphatic rings. The Hall–Kier alpha value is -2.07. The molecular formula is C15H12O3S. The second-order valence-electron chi connectivity index (χ2n) is 4.50. The van der Waals surface area contributed by atoms with Gasteiger partial charge in [0.2, 0.25) is 0 Å². The molecule has 0 atom stereocenters. The smallest absolute Gasteiger partial charge is 0.307 e. The average molecular weight is 272 g/mol. The lowest BCUT2D eigenvalue weighted by atomic mass is 10.1. The normalized spacial score (nSPS) is 11.0. The molecule has 1 N–H and O–H groups in total. The molecule has 0 fully saturated rings. The number of carboxylic acids is 1. The highest BCUT2D eigenvalue weighted by atomic mass is 32.1. The third-order valence-corrected chi connectivity index (χ3v) is 4.10. The first kappa shape index (κ1) is 12.0. The van der Waals surface area contributed by atoms with E-state index >= 15 is 0 Å². The number of para-hydroxylation sites is 1. The lowest BCUT2D eigenvalue weighted by Gasteiger charge is -1.98. The summed E-state index contributed by atoms with van der Waals surface area (Å²) in [6.45, 7) is 2.05. The standard InChI is InChI=1S/C15H12O3S/c1-9-5-13(19-8-9)12-7-18-15-10(6-14(16)17)3-2-4-11(12)15/h2-5,7-8H,6H2,1H3,(H,16,17). The van der Waals surface area contributed by atoms with Gasteiger partial charge in [-0.3, -0.25) is 4.79 Å². The first-order valence-electron chi connectivity index (χ1n) is 5.91. The van der Waals surface area contributed by atoms with Gasteiger partial charge in [0.25, 0.3) is 0 Å². The van der Waals surface area contributed by atoms with Crippen molar-refractivity contribution in [3.05, 3.63) is 47.0 Å². The molecule has 4 heteroatoms. The van der Waals surface area contributed by atoms with Crippen molar-refractivity contribution in [1.82, 2.24) is 0 Å². The Bertz CT molecular complexity index is 752. The number of aryl methyl sites for hydroxylation is 1. The Kier molecular flexibility index (Phi) is 2.87. The molecule has 0 radical (unpaired) electrons. The van der Waals surface area contributed by atoms with Crippen LogP contribution in [0.5, 0.6) is 0 Å². The summed E-state index contributed by atoms with van der Waals surface area (Å²) in [5.41, 5.74) is 3.63. The van der Waals surface area contributed by atoms with Crippen LogP contribution in [0, 0.1) is 6.92 Å². The van der Waals surface area contributed by atoms with Gasteiger partial charge in [0.1, 0.15) is 11.8 Å². The van der Waals surface area contributed by atoms with Crippen molar-refractivity contribution in [1.29, 1.82) is 0 Å². The van der Waals surface area contributed by atoms with Gasteiger partial charge in [0.15, 0.2) is 0 Å². The van der Waals surface area contributed by atoms with Crippen molar-refractivity contribution in [3.8, 4) is 10.4 Å². The summed E-state index contributed by atoms with van der Waals surface area (Å²) in [5.74, 6) is -0.850. The van der Waals surface area contributed by atoms with Crippen molar-refractivity contribution >= 4 is 28.3 Å². The fourth-order valence-electron chi connectivity index (χ4n) is 2.18. The van der Waals surface area contributed by atoms with E-state index in [4.69, 9.17) is 9.52 Å².